The number of hydrogen-bond donors (Lipinski definition) is 0. The molecule has 0 spiro atoms. The van der Waals surface area contributed by atoms with Crippen LogP contribution in [0.2, 0.25) is 0 Å². The minimum absolute atomic E-state index is 0.249. The molecule has 3 heterocycles. The lowest BCUT2D eigenvalue weighted by Crippen LogP contribution is -2.48. The number of likely N-dealkylation sites (tertiary alicyclic amines) is 1. The van der Waals surface area contributed by atoms with Crippen LogP contribution in [-0.2, 0) is 11.2 Å². The maximum atomic E-state index is 13.0. The van der Waals surface area contributed by atoms with Crippen molar-refractivity contribution in [1.82, 2.24) is 9.47 Å². The first-order valence-corrected chi connectivity index (χ1v) is 9.47. The third-order valence-corrected chi connectivity index (χ3v) is 5.76. The Morgan fingerprint density at radius 2 is 1.76 bits per heavy atom. The van der Waals surface area contributed by atoms with Crippen molar-refractivity contribution in [3.05, 3.63) is 54.4 Å². The number of hydrogen-bond acceptors (Lipinski definition) is 2. The van der Waals surface area contributed by atoms with E-state index < -0.39 is 0 Å². The van der Waals surface area contributed by atoms with Gasteiger partial charge in [-0.1, -0.05) is 18.2 Å². The summed E-state index contributed by atoms with van der Waals surface area (Å²) in [5.41, 5.74) is 2.42. The Morgan fingerprint density at radius 3 is 2.52 bits per heavy atom. The molecule has 1 aromatic heterocycles. The Hall–Kier alpha value is -2.07. The van der Waals surface area contributed by atoms with Gasteiger partial charge in [0.2, 0.25) is 5.91 Å². The van der Waals surface area contributed by atoms with Crippen LogP contribution in [0.3, 0.4) is 0 Å². The number of para-hydroxylation sites is 1. The van der Waals surface area contributed by atoms with E-state index in [0.717, 1.165) is 44.5 Å². The van der Waals surface area contributed by atoms with Crippen molar-refractivity contribution in [2.45, 2.75) is 44.7 Å². The number of amides is 1. The van der Waals surface area contributed by atoms with Crippen LogP contribution in [-0.4, -0.2) is 41.1 Å². The number of aryl methyl sites for hydroxylation is 1. The van der Waals surface area contributed by atoms with E-state index in [1.807, 2.05) is 11.0 Å². The van der Waals surface area contributed by atoms with Crippen LogP contribution >= 0.6 is 0 Å². The zero-order chi connectivity index (χ0) is 17.2. The number of carbonyl (C=O) groups is 1. The quantitative estimate of drug-likeness (QED) is 0.858. The summed E-state index contributed by atoms with van der Waals surface area (Å²) in [6, 6.07) is 13.4. The average Bonchev–Trinajstić information content (AvgIpc) is 3.17. The van der Waals surface area contributed by atoms with E-state index in [-0.39, 0.29) is 5.91 Å². The zero-order valence-corrected chi connectivity index (χ0v) is 15.0. The number of benzene rings is 1. The average molecular weight is 337 g/mol. The lowest BCUT2D eigenvalue weighted by Gasteiger charge is -2.38. The highest BCUT2D eigenvalue weighted by Crippen LogP contribution is 2.31. The molecule has 0 unspecified atom stereocenters. The summed E-state index contributed by atoms with van der Waals surface area (Å²) in [6.45, 7) is 4.71. The number of fused-ring (bicyclic) bond motifs is 1. The van der Waals surface area contributed by atoms with Gasteiger partial charge in [0.1, 0.15) is 0 Å². The van der Waals surface area contributed by atoms with Gasteiger partial charge in [-0.2, -0.15) is 0 Å². The predicted molar refractivity (Wildman–Crippen MR) is 101 cm³/mol. The molecule has 0 bridgehead atoms. The molecule has 4 heteroatoms. The summed E-state index contributed by atoms with van der Waals surface area (Å²) in [5.74, 6) is 0.249. The number of nitrogens with zero attached hydrogens (tertiary/aromatic N) is 3. The van der Waals surface area contributed by atoms with Gasteiger partial charge in [0.25, 0.3) is 0 Å². The molecule has 25 heavy (non-hydrogen) atoms. The molecule has 1 amide bonds. The van der Waals surface area contributed by atoms with Gasteiger partial charge in [0, 0.05) is 43.3 Å². The van der Waals surface area contributed by atoms with Crippen LogP contribution in [0.25, 0.3) is 0 Å². The molecule has 4 rings (SSSR count). The van der Waals surface area contributed by atoms with Crippen molar-refractivity contribution >= 4 is 11.6 Å². The lowest BCUT2D eigenvalue weighted by atomic mass is 9.96. The van der Waals surface area contributed by atoms with E-state index in [9.17, 15) is 4.79 Å². The van der Waals surface area contributed by atoms with E-state index in [1.54, 1.807) is 0 Å². The third-order valence-electron chi connectivity index (χ3n) is 5.76. The van der Waals surface area contributed by atoms with Gasteiger partial charge < -0.3 is 9.47 Å². The highest BCUT2D eigenvalue weighted by atomic mass is 16.2. The second kappa shape index (κ2) is 7.04. The Balaban J connectivity index is 1.40. The minimum atomic E-state index is 0.249. The Labute approximate surface area is 150 Å². The molecule has 1 fully saturated rings. The molecule has 2 aliphatic heterocycles. The van der Waals surface area contributed by atoms with Crippen molar-refractivity contribution in [3.8, 4) is 0 Å². The highest BCUT2D eigenvalue weighted by molar-refractivity contribution is 5.96. The predicted octanol–water partition coefficient (Wildman–Crippen LogP) is 3.49. The largest absolute Gasteiger partial charge is 0.351 e. The van der Waals surface area contributed by atoms with Gasteiger partial charge in [-0.25, -0.2) is 0 Å². The second-order valence-corrected chi connectivity index (χ2v) is 7.42. The number of aromatic nitrogens is 1. The summed E-state index contributed by atoms with van der Waals surface area (Å²) in [7, 11) is 0. The summed E-state index contributed by atoms with van der Waals surface area (Å²) < 4.78 is 2.31. The first-order valence-electron chi connectivity index (χ1n) is 9.47. The molecule has 0 aliphatic carbocycles. The summed E-state index contributed by atoms with van der Waals surface area (Å²) >= 11 is 0. The molecule has 4 nitrogen and oxygen atoms in total. The summed E-state index contributed by atoms with van der Waals surface area (Å²) in [6.07, 6.45) is 8.67. The molecule has 132 valence electrons. The standard InChI is InChI=1S/C21H27N3O/c1-17-8-9-18-6-2-3-7-20(18)24(17)21(25)16-22-14-10-19(11-15-22)23-12-4-5-13-23/h2-7,12-13,17,19H,8-11,14-16H2,1H3/t17-/m1/s1. The fourth-order valence-electron chi connectivity index (χ4n) is 4.30. The molecule has 0 N–H and O–H groups in total. The number of anilines is 1. The van der Waals surface area contributed by atoms with E-state index in [0.29, 0.717) is 18.6 Å². The van der Waals surface area contributed by atoms with Gasteiger partial charge in [-0.05, 0) is 56.4 Å². The fraction of sp³-hybridized carbons (Fsp3) is 0.476. The van der Waals surface area contributed by atoms with Gasteiger partial charge >= 0.3 is 0 Å². The zero-order valence-electron chi connectivity index (χ0n) is 15.0. The van der Waals surface area contributed by atoms with Crippen LogP contribution in [0, 0.1) is 0 Å². The first kappa shape index (κ1) is 16.4. The van der Waals surface area contributed by atoms with E-state index in [1.165, 1.54) is 5.56 Å². The van der Waals surface area contributed by atoms with Crippen LogP contribution < -0.4 is 4.90 Å². The lowest BCUT2D eigenvalue weighted by molar-refractivity contribution is -0.120. The molecule has 0 saturated carbocycles. The van der Waals surface area contributed by atoms with Crippen LogP contribution in [0.5, 0.6) is 0 Å². The molecule has 1 atom stereocenters. The van der Waals surface area contributed by atoms with Gasteiger partial charge in [-0.3, -0.25) is 9.69 Å². The smallest absolute Gasteiger partial charge is 0.241 e. The van der Waals surface area contributed by atoms with Crippen molar-refractivity contribution < 1.29 is 4.79 Å². The van der Waals surface area contributed by atoms with Crippen molar-refractivity contribution in [1.29, 1.82) is 0 Å². The fourth-order valence-corrected chi connectivity index (χ4v) is 4.30. The van der Waals surface area contributed by atoms with Crippen LogP contribution in [0.15, 0.2) is 48.8 Å². The molecule has 1 saturated heterocycles. The normalized spacial score (nSPS) is 22.0. The monoisotopic (exact) mass is 337 g/mol. The molecular formula is C21H27N3O. The molecule has 2 aromatic rings. The van der Waals surface area contributed by atoms with Gasteiger partial charge in [-0.15, -0.1) is 0 Å². The Bertz CT molecular complexity index is 717. The van der Waals surface area contributed by atoms with Crippen molar-refractivity contribution in [2.75, 3.05) is 24.5 Å². The maximum Gasteiger partial charge on any atom is 0.241 e. The summed E-state index contributed by atoms with van der Waals surface area (Å²) in [4.78, 5) is 17.4. The Morgan fingerprint density at radius 1 is 1.04 bits per heavy atom. The van der Waals surface area contributed by atoms with Gasteiger partial charge in [0.05, 0.1) is 6.54 Å². The summed E-state index contributed by atoms with van der Waals surface area (Å²) in [5, 5.41) is 0. The molecule has 1 aromatic carbocycles. The highest BCUT2D eigenvalue weighted by Gasteiger charge is 2.30. The van der Waals surface area contributed by atoms with Crippen molar-refractivity contribution in [2.24, 2.45) is 0 Å². The minimum Gasteiger partial charge on any atom is -0.351 e. The van der Waals surface area contributed by atoms with Crippen molar-refractivity contribution in [3.63, 3.8) is 0 Å². The second-order valence-electron chi connectivity index (χ2n) is 7.42. The Kier molecular flexibility index (Phi) is 4.62. The van der Waals surface area contributed by atoms with E-state index >= 15 is 0 Å². The molecular weight excluding hydrogens is 310 g/mol. The molecule has 2 aliphatic rings. The number of carbonyl (C=O) groups excluding carboxylic acids is 1. The van der Waals surface area contributed by atoms with E-state index in [4.69, 9.17) is 0 Å². The maximum absolute atomic E-state index is 13.0. The SMILES string of the molecule is C[C@@H]1CCc2ccccc2N1C(=O)CN1CCC(n2cccc2)CC1. The number of rotatable bonds is 3. The van der Waals surface area contributed by atoms with Crippen LogP contribution in [0.4, 0.5) is 5.69 Å². The topological polar surface area (TPSA) is 28.5 Å². The first-order chi connectivity index (χ1) is 12.2. The van der Waals surface area contributed by atoms with Gasteiger partial charge in [0.15, 0.2) is 0 Å². The van der Waals surface area contributed by atoms with Crippen LogP contribution in [0.1, 0.15) is 37.8 Å². The molecule has 0 radical (unpaired) electrons. The van der Waals surface area contributed by atoms with E-state index in [2.05, 4.69) is 59.1 Å². The number of piperidine rings is 1. The third kappa shape index (κ3) is 3.36.